The minimum absolute atomic E-state index is 0.0662. The predicted octanol–water partition coefficient (Wildman–Crippen LogP) is 2.19. The van der Waals surface area contributed by atoms with Crippen molar-refractivity contribution in [3.8, 4) is 0 Å². The quantitative estimate of drug-likeness (QED) is 0.870. The van der Waals surface area contributed by atoms with Crippen molar-refractivity contribution in [2.24, 2.45) is 0 Å². The number of nitrogens with one attached hydrogen (secondary N) is 1. The number of hydrogen-bond donors (Lipinski definition) is 1. The Morgan fingerprint density at radius 2 is 1.79 bits per heavy atom. The number of aryl methyl sites for hydroxylation is 2. The zero-order valence-corrected chi connectivity index (χ0v) is 12.1. The fraction of sp³-hybridized carbons (Fsp3) is 0.222. The zero-order chi connectivity index (χ0) is 14.2. The lowest BCUT2D eigenvalue weighted by atomic mass is 10.4. The highest BCUT2D eigenvalue weighted by Gasteiger charge is 2.26. The minimum Gasteiger partial charge on any atom is -0.360 e. The van der Waals surface area contributed by atoms with Crippen LogP contribution in [0.3, 0.4) is 0 Å². The van der Waals surface area contributed by atoms with E-state index < -0.39 is 10.0 Å². The predicted molar refractivity (Wildman–Crippen MR) is 68.8 cm³/mol. The summed E-state index contributed by atoms with van der Waals surface area (Å²) in [7, 11) is -3.93. The Morgan fingerprint density at radius 1 is 1.21 bits per heavy atom. The van der Waals surface area contributed by atoms with Gasteiger partial charge in [0.15, 0.2) is 21.0 Å². The lowest BCUT2D eigenvalue weighted by Gasteiger charge is -2.09. The average Bonchev–Trinajstić information content (AvgIpc) is 2.64. The molecule has 0 atom stereocenters. The van der Waals surface area contributed by atoms with Crippen LogP contribution in [0.15, 0.2) is 15.7 Å². The summed E-state index contributed by atoms with van der Waals surface area (Å²) in [6.07, 6.45) is 1.12. The third-order valence-electron chi connectivity index (χ3n) is 2.23. The molecule has 102 valence electrons. The summed E-state index contributed by atoms with van der Waals surface area (Å²) < 4.78 is 31.5. The third-order valence-corrected chi connectivity index (χ3v) is 4.39. The van der Waals surface area contributed by atoms with E-state index in [1.54, 1.807) is 0 Å². The second-order valence-corrected chi connectivity index (χ2v) is 5.92. The van der Waals surface area contributed by atoms with Gasteiger partial charge in [-0.15, -0.1) is 0 Å². The fourth-order valence-electron chi connectivity index (χ4n) is 1.47. The number of anilines is 1. The molecule has 0 bridgehead atoms. The van der Waals surface area contributed by atoms with Crippen molar-refractivity contribution in [1.82, 2.24) is 15.1 Å². The van der Waals surface area contributed by atoms with E-state index in [1.165, 1.54) is 13.8 Å². The van der Waals surface area contributed by atoms with E-state index in [-0.39, 0.29) is 32.3 Å². The van der Waals surface area contributed by atoms with E-state index in [9.17, 15) is 8.42 Å². The molecule has 0 spiro atoms. The highest BCUT2D eigenvalue weighted by atomic mass is 35.5. The Kier molecular flexibility index (Phi) is 3.66. The van der Waals surface area contributed by atoms with Gasteiger partial charge < -0.3 is 4.52 Å². The highest BCUT2D eigenvalue weighted by molar-refractivity contribution is 7.92. The zero-order valence-electron chi connectivity index (χ0n) is 9.81. The largest absolute Gasteiger partial charge is 0.360 e. The van der Waals surface area contributed by atoms with E-state index in [0.29, 0.717) is 0 Å². The topological polar surface area (TPSA) is 98.0 Å². The summed E-state index contributed by atoms with van der Waals surface area (Å²) in [4.78, 5) is 7.24. The normalized spacial score (nSPS) is 11.6. The molecule has 0 amide bonds. The molecule has 0 aliphatic heterocycles. The van der Waals surface area contributed by atoms with Crippen molar-refractivity contribution in [2.45, 2.75) is 18.7 Å². The molecule has 0 unspecified atom stereocenters. The molecule has 19 heavy (non-hydrogen) atoms. The van der Waals surface area contributed by atoms with Crippen molar-refractivity contribution in [1.29, 1.82) is 0 Å². The van der Waals surface area contributed by atoms with Crippen LogP contribution in [0.4, 0.5) is 5.69 Å². The van der Waals surface area contributed by atoms with Gasteiger partial charge in [-0.3, -0.25) is 4.72 Å². The summed E-state index contributed by atoms with van der Waals surface area (Å²) in [5.74, 6) is 0.161. The first-order valence-corrected chi connectivity index (χ1v) is 7.18. The standard InChI is InChI=1S/C9H8Cl2N4O3S/c1-4-7(5(2)18-14-4)19(16,17)15-6-8(10)12-3-13-9(6)11/h3,15H,1-2H3. The smallest absolute Gasteiger partial charge is 0.267 e. The maximum Gasteiger partial charge on any atom is 0.267 e. The monoisotopic (exact) mass is 322 g/mol. The molecular formula is C9H8Cl2N4O3S. The summed E-state index contributed by atoms with van der Waals surface area (Å²) >= 11 is 11.5. The van der Waals surface area contributed by atoms with Gasteiger partial charge in [0.05, 0.1) is 0 Å². The Morgan fingerprint density at radius 3 is 2.26 bits per heavy atom. The molecule has 7 nitrogen and oxygen atoms in total. The number of aromatic nitrogens is 3. The van der Waals surface area contributed by atoms with Crippen molar-refractivity contribution >= 4 is 38.9 Å². The second kappa shape index (κ2) is 4.95. The van der Waals surface area contributed by atoms with Crippen molar-refractivity contribution in [3.05, 3.63) is 28.1 Å². The first kappa shape index (κ1) is 14.0. The van der Waals surface area contributed by atoms with Crippen LogP contribution in [0.1, 0.15) is 11.5 Å². The minimum atomic E-state index is -3.93. The van der Waals surface area contributed by atoms with E-state index in [2.05, 4.69) is 19.8 Å². The van der Waals surface area contributed by atoms with Crippen LogP contribution in [-0.4, -0.2) is 23.5 Å². The fourth-order valence-corrected chi connectivity index (χ4v) is 3.40. The number of nitrogens with zero attached hydrogens (tertiary/aromatic N) is 3. The Labute approximate surface area is 119 Å². The van der Waals surface area contributed by atoms with E-state index in [0.717, 1.165) is 6.33 Å². The summed E-state index contributed by atoms with van der Waals surface area (Å²) in [5, 5.41) is 3.37. The van der Waals surface area contributed by atoms with Gasteiger partial charge in [-0.2, -0.15) is 0 Å². The second-order valence-electron chi connectivity index (χ2n) is 3.59. The van der Waals surface area contributed by atoms with Gasteiger partial charge in [-0.25, -0.2) is 18.4 Å². The van der Waals surface area contributed by atoms with Crippen LogP contribution in [0.5, 0.6) is 0 Å². The molecule has 0 aliphatic carbocycles. The Hall–Kier alpha value is -1.38. The molecule has 2 rings (SSSR count). The van der Waals surface area contributed by atoms with Crippen LogP contribution in [0.2, 0.25) is 10.3 Å². The molecule has 2 aromatic rings. The molecule has 0 saturated heterocycles. The lowest BCUT2D eigenvalue weighted by molar-refractivity contribution is 0.390. The van der Waals surface area contributed by atoms with Crippen LogP contribution in [-0.2, 0) is 10.0 Å². The lowest BCUT2D eigenvalue weighted by Crippen LogP contribution is -2.15. The molecule has 2 heterocycles. The average molecular weight is 323 g/mol. The van der Waals surface area contributed by atoms with Gasteiger partial charge in [-0.05, 0) is 13.8 Å². The third kappa shape index (κ3) is 2.65. The number of hydrogen-bond acceptors (Lipinski definition) is 6. The maximum atomic E-state index is 12.2. The van der Waals surface area contributed by atoms with E-state index >= 15 is 0 Å². The van der Waals surface area contributed by atoms with Crippen LogP contribution >= 0.6 is 23.2 Å². The van der Waals surface area contributed by atoms with Crippen molar-refractivity contribution in [2.75, 3.05) is 4.72 Å². The summed E-state index contributed by atoms with van der Waals surface area (Å²) in [6, 6.07) is 0. The maximum absolute atomic E-state index is 12.2. The Balaban J connectivity index is 2.49. The Bertz CT molecular complexity index is 689. The van der Waals surface area contributed by atoms with Gasteiger partial charge in [0.25, 0.3) is 10.0 Å². The van der Waals surface area contributed by atoms with Crippen LogP contribution in [0, 0.1) is 13.8 Å². The number of rotatable bonds is 3. The highest BCUT2D eigenvalue weighted by Crippen LogP contribution is 2.29. The van der Waals surface area contributed by atoms with E-state index in [1.807, 2.05) is 0 Å². The molecule has 0 aromatic carbocycles. The molecule has 0 radical (unpaired) electrons. The SMILES string of the molecule is Cc1noc(C)c1S(=O)(=O)Nc1c(Cl)ncnc1Cl. The first-order chi connectivity index (χ1) is 8.83. The first-order valence-electron chi connectivity index (χ1n) is 4.94. The van der Waals surface area contributed by atoms with Crippen LogP contribution < -0.4 is 4.72 Å². The van der Waals surface area contributed by atoms with Gasteiger partial charge in [0.2, 0.25) is 0 Å². The van der Waals surface area contributed by atoms with Crippen LogP contribution in [0.25, 0.3) is 0 Å². The molecule has 0 fully saturated rings. The molecule has 1 N–H and O–H groups in total. The molecule has 10 heteroatoms. The summed E-state index contributed by atoms with van der Waals surface area (Å²) in [6.45, 7) is 3.00. The van der Waals surface area contributed by atoms with Gasteiger partial charge in [0.1, 0.15) is 17.7 Å². The summed E-state index contributed by atoms with van der Waals surface area (Å²) in [5.41, 5.74) is 0.139. The van der Waals surface area contributed by atoms with Gasteiger partial charge in [-0.1, -0.05) is 28.4 Å². The van der Waals surface area contributed by atoms with E-state index in [4.69, 9.17) is 27.7 Å². The molecule has 0 aliphatic rings. The molecule has 0 saturated carbocycles. The van der Waals surface area contributed by atoms with Crippen molar-refractivity contribution in [3.63, 3.8) is 0 Å². The number of halogens is 2. The number of sulfonamides is 1. The van der Waals surface area contributed by atoms with Crippen molar-refractivity contribution < 1.29 is 12.9 Å². The molecule has 2 aromatic heterocycles. The van der Waals surface area contributed by atoms with Gasteiger partial charge >= 0.3 is 0 Å². The van der Waals surface area contributed by atoms with Gasteiger partial charge in [0, 0.05) is 0 Å². The molecular weight excluding hydrogens is 315 g/mol.